The van der Waals surface area contributed by atoms with Crippen LogP contribution in [0.25, 0.3) is 17.0 Å². The lowest BCUT2D eigenvalue weighted by atomic mass is 10.0. The molecular weight excluding hydrogens is 359 g/mol. The first-order valence-corrected chi connectivity index (χ1v) is 9.02. The van der Waals surface area contributed by atoms with Crippen LogP contribution in [0.2, 0.25) is 0 Å². The summed E-state index contributed by atoms with van der Waals surface area (Å²) in [7, 11) is 0. The van der Waals surface area contributed by atoms with E-state index in [2.05, 4.69) is 5.32 Å². The lowest BCUT2D eigenvalue weighted by molar-refractivity contribution is -0.141. The van der Waals surface area contributed by atoms with Gasteiger partial charge in [0.05, 0.1) is 0 Å². The molecule has 0 saturated heterocycles. The first-order chi connectivity index (χ1) is 13.5. The summed E-state index contributed by atoms with van der Waals surface area (Å²) in [6.45, 7) is 2.77. The molecule has 1 aromatic heterocycles. The molecule has 2 N–H and O–H groups in total. The van der Waals surface area contributed by atoms with Crippen LogP contribution in [0.3, 0.4) is 0 Å². The van der Waals surface area contributed by atoms with Crippen LogP contribution in [0.1, 0.15) is 18.1 Å². The molecule has 2 aromatic carbocycles. The Labute approximate surface area is 162 Å². The van der Waals surface area contributed by atoms with Gasteiger partial charge in [-0.15, -0.1) is 0 Å². The molecule has 144 valence electrons. The molecule has 0 aliphatic heterocycles. The fourth-order valence-corrected chi connectivity index (χ4v) is 3.16. The fourth-order valence-electron chi connectivity index (χ4n) is 3.16. The van der Waals surface area contributed by atoms with Gasteiger partial charge in [0, 0.05) is 41.7 Å². The molecule has 0 bridgehead atoms. The van der Waals surface area contributed by atoms with Crippen LogP contribution in [-0.2, 0) is 22.6 Å². The van der Waals surface area contributed by atoms with E-state index in [0.29, 0.717) is 0 Å². The molecule has 0 aliphatic carbocycles. The van der Waals surface area contributed by atoms with Gasteiger partial charge in [0.1, 0.15) is 11.9 Å². The Kier molecular flexibility index (Phi) is 5.89. The number of aromatic nitrogens is 1. The zero-order chi connectivity index (χ0) is 20.1. The molecular formula is C22H21FN2O3. The number of halogens is 1. The number of rotatable bonds is 7. The van der Waals surface area contributed by atoms with Gasteiger partial charge in [-0.2, -0.15) is 0 Å². The molecule has 5 nitrogen and oxygen atoms in total. The van der Waals surface area contributed by atoms with E-state index in [4.69, 9.17) is 0 Å². The third kappa shape index (κ3) is 4.28. The summed E-state index contributed by atoms with van der Waals surface area (Å²) in [6, 6.07) is 12.7. The molecule has 0 spiro atoms. The van der Waals surface area contributed by atoms with Crippen molar-refractivity contribution in [3.63, 3.8) is 0 Å². The summed E-state index contributed by atoms with van der Waals surface area (Å²) in [5, 5.41) is 13.0. The zero-order valence-corrected chi connectivity index (χ0v) is 15.4. The molecule has 1 atom stereocenters. The third-order valence-corrected chi connectivity index (χ3v) is 4.57. The van der Waals surface area contributed by atoms with Crippen LogP contribution in [0, 0.1) is 5.82 Å². The molecule has 0 fully saturated rings. The van der Waals surface area contributed by atoms with E-state index in [1.165, 1.54) is 18.2 Å². The molecule has 28 heavy (non-hydrogen) atoms. The SMILES string of the molecule is CCn1cc(C[C@H](NC(=O)/C=C/c2ccccc2F)C(=O)O)c2ccccc21. The van der Waals surface area contributed by atoms with Crippen LogP contribution in [-0.4, -0.2) is 27.6 Å². The van der Waals surface area contributed by atoms with Gasteiger partial charge in [0.25, 0.3) is 0 Å². The van der Waals surface area contributed by atoms with E-state index < -0.39 is 23.7 Å². The Morgan fingerprint density at radius 3 is 2.61 bits per heavy atom. The number of aryl methyl sites for hydroxylation is 1. The predicted molar refractivity (Wildman–Crippen MR) is 106 cm³/mol. The molecule has 1 amide bonds. The largest absolute Gasteiger partial charge is 0.480 e. The molecule has 0 aliphatic rings. The number of para-hydroxylation sites is 1. The van der Waals surface area contributed by atoms with Gasteiger partial charge in [-0.1, -0.05) is 36.4 Å². The zero-order valence-electron chi connectivity index (χ0n) is 15.4. The van der Waals surface area contributed by atoms with Crippen molar-refractivity contribution in [1.29, 1.82) is 0 Å². The monoisotopic (exact) mass is 380 g/mol. The highest BCUT2D eigenvalue weighted by atomic mass is 19.1. The second kappa shape index (κ2) is 8.52. The van der Waals surface area contributed by atoms with Crippen molar-refractivity contribution in [3.8, 4) is 0 Å². The summed E-state index contributed by atoms with van der Waals surface area (Å²) >= 11 is 0. The summed E-state index contributed by atoms with van der Waals surface area (Å²) in [4.78, 5) is 23.8. The van der Waals surface area contributed by atoms with Gasteiger partial charge >= 0.3 is 5.97 Å². The predicted octanol–water partition coefficient (Wildman–Crippen LogP) is 3.63. The van der Waals surface area contributed by atoms with Gasteiger partial charge in [-0.3, -0.25) is 4.79 Å². The minimum absolute atomic E-state index is 0.155. The van der Waals surface area contributed by atoms with Gasteiger partial charge < -0.3 is 15.0 Å². The second-order valence-electron chi connectivity index (χ2n) is 6.42. The average molecular weight is 380 g/mol. The Morgan fingerprint density at radius 2 is 1.89 bits per heavy atom. The number of nitrogens with zero attached hydrogens (tertiary/aromatic N) is 1. The standard InChI is InChI=1S/C22H21FN2O3/c1-2-25-14-16(17-8-4-6-10-20(17)25)13-19(22(27)28)24-21(26)12-11-15-7-3-5-9-18(15)23/h3-12,14,19H,2,13H2,1H3,(H,24,26)(H,27,28)/b12-11+/t19-/m0/s1. The molecule has 0 saturated carbocycles. The normalized spacial score (nSPS) is 12.4. The van der Waals surface area contributed by atoms with Crippen LogP contribution >= 0.6 is 0 Å². The Hall–Kier alpha value is -3.41. The van der Waals surface area contributed by atoms with Crippen LogP contribution in [0.15, 0.2) is 60.8 Å². The van der Waals surface area contributed by atoms with Crippen molar-refractivity contribution in [2.75, 3.05) is 0 Å². The van der Waals surface area contributed by atoms with Crippen molar-refractivity contribution in [2.45, 2.75) is 25.9 Å². The number of hydrogen-bond donors (Lipinski definition) is 2. The van der Waals surface area contributed by atoms with Gasteiger partial charge in [0.2, 0.25) is 5.91 Å². The topological polar surface area (TPSA) is 71.3 Å². The average Bonchev–Trinajstić information content (AvgIpc) is 3.04. The van der Waals surface area contributed by atoms with Crippen LogP contribution in [0.5, 0.6) is 0 Å². The number of nitrogens with one attached hydrogen (secondary N) is 1. The van der Waals surface area contributed by atoms with Crippen molar-refractivity contribution in [3.05, 3.63) is 77.7 Å². The molecule has 0 radical (unpaired) electrons. The van der Waals surface area contributed by atoms with Gasteiger partial charge in [-0.25, -0.2) is 9.18 Å². The van der Waals surface area contributed by atoms with E-state index in [0.717, 1.165) is 29.1 Å². The Morgan fingerprint density at radius 1 is 1.18 bits per heavy atom. The Bertz CT molecular complexity index is 1040. The first kappa shape index (κ1) is 19.4. The summed E-state index contributed by atoms with van der Waals surface area (Å²) in [6.07, 6.45) is 4.54. The maximum Gasteiger partial charge on any atom is 0.326 e. The van der Waals surface area contributed by atoms with Crippen LogP contribution in [0.4, 0.5) is 4.39 Å². The van der Waals surface area contributed by atoms with E-state index in [-0.39, 0.29) is 12.0 Å². The minimum atomic E-state index is -1.12. The number of aliphatic carboxylic acids is 1. The molecule has 0 unspecified atom stereocenters. The number of carbonyl (C=O) groups is 2. The molecule has 6 heteroatoms. The highest BCUT2D eigenvalue weighted by Gasteiger charge is 2.21. The van der Waals surface area contributed by atoms with Crippen molar-refractivity contribution in [1.82, 2.24) is 9.88 Å². The van der Waals surface area contributed by atoms with Crippen molar-refractivity contribution >= 4 is 28.9 Å². The number of benzene rings is 2. The highest BCUT2D eigenvalue weighted by molar-refractivity contribution is 5.94. The third-order valence-electron chi connectivity index (χ3n) is 4.57. The second-order valence-corrected chi connectivity index (χ2v) is 6.42. The summed E-state index contributed by atoms with van der Waals surface area (Å²) in [5.41, 5.74) is 2.13. The number of carbonyl (C=O) groups excluding carboxylic acids is 1. The van der Waals surface area contributed by atoms with E-state index in [1.807, 2.05) is 42.0 Å². The first-order valence-electron chi connectivity index (χ1n) is 9.02. The summed E-state index contributed by atoms with van der Waals surface area (Å²) in [5.74, 6) is -2.16. The van der Waals surface area contributed by atoms with E-state index >= 15 is 0 Å². The van der Waals surface area contributed by atoms with Gasteiger partial charge in [0.15, 0.2) is 0 Å². The number of hydrogen-bond acceptors (Lipinski definition) is 2. The lowest BCUT2D eigenvalue weighted by Crippen LogP contribution is -2.41. The number of carboxylic acids is 1. The molecule has 1 heterocycles. The maximum atomic E-state index is 13.6. The number of fused-ring (bicyclic) bond motifs is 1. The number of amides is 1. The van der Waals surface area contributed by atoms with Crippen molar-refractivity contribution in [2.24, 2.45) is 0 Å². The molecule has 3 rings (SSSR count). The quantitative estimate of drug-likeness (QED) is 0.615. The van der Waals surface area contributed by atoms with E-state index in [1.54, 1.807) is 12.1 Å². The highest BCUT2D eigenvalue weighted by Crippen LogP contribution is 2.22. The van der Waals surface area contributed by atoms with E-state index in [9.17, 15) is 19.1 Å². The van der Waals surface area contributed by atoms with Gasteiger partial charge in [-0.05, 0) is 30.7 Å². The smallest absolute Gasteiger partial charge is 0.326 e. The number of carboxylic acid groups (broad SMARTS) is 1. The molecule has 3 aromatic rings. The fraction of sp³-hybridized carbons (Fsp3) is 0.182. The Balaban J connectivity index is 1.77. The van der Waals surface area contributed by atoms with Crippen molar-refractivity contribution < 1.29 is 19.1 Å². The summed E-state index contributed by atoms with van der Waals surface area (Å²) < 4.78 is 15.7. The van der Waals surface area contributed by atoms with Crippen LogP contribution < -0.4 is 5.32 Å². The maximum absolute atomic E-state index is 13.6. The lowest BCUT2D eigenvalue weighted by Gasteiger charge is -2.13. The minimum Gasteiger partial charge on any atom is -0.480 e.